The van der Waals surface area contributed by atoms with Crippen molar-refractivity contribution in [1.29, 1.82) is 0 Å². The van der Waals surface area contributed by atoms with Gasteiger partial charge in [-0.3, -0.25) is 0 Å². The van der Waals surface area contributed by atoms with Crippen molar-refractivity contribution in [2.75, 3.05) is 13.2 Å². The van der Waals surface area contributed by atoms with Crippen LogP contribution in [0.3, 0.4) is 0 Å². The van der Waals surface area contributed by atoms with Crippen LogP contribution in [0.2, 0.25) is 0 Å². The molecule has 0 aromatic carbocycles. The number of hydrogen-bond donors (Lipinski definition) is 3. The van der Waals surface area contributed by atoms with Crippen molar-refractivity contribution in [2.24, 2.45) is 0 Å². The standard InChI is InChI=1S/C11H19NO5S/c13-8-4-2-1-3-7-12-18(15,16)11-6-5-10(9-14)17-11/h5-6,12-14H,1-4,7-9H2. The SMILES string of the molecule is O=S(=O)(NCCCCCCO)c1ccc(CO)o1. The summed E-state index contributed by atoms with van der Waals surface area (Å²) in [5.41, 5.74) is 0. The van der Waals surface area contributed by atoms with Gasteiger partial charge in [0.15, 0.2) is 0 Å². The van der Waals surface area contributed by atoms with Crippen molar-refractivity contribution in [3.63, 3.8) is 0 Å². The zero-order valence-electron chi connectivity index (χ0n) is 10.1. The summed E-state index contributed by atoms with van der Waals surface area (Å²) < 4.78 is 30.8. The van der Waals surface area contributed by atoms with Crippen molar-refractivity contribution in [3.05, 3.63) is 17.9 Å². The molecule has 0 spiro atoms. The molecule has 0 radical (unpaired) electrons. The zero-order chi connectivity index (χ0) is 13.4. The molecule has 0 saturated carbocycles. The second-order valence-corrected chi connectivity index (χ2v) is 5.61. The molecule has 0 aliphatic rings. The molecule has 1 aromatic rings. The fraction of sp³-hybridized carbons (Fsp3) is 0.636. The minimum atomic E-state index is -3.62. The predicted octanol–water partition coefficient (Wildman–Crippen LogP) is 0.603. The Bertz CT molecular complexity index is 440. The first-order valence-electron chi connectivity index (χ1n) is 5.90. The van der Waals surface area contributed by atoms with Gasteiger partial charge in [-0.25, -0.2) is 13.1 Å². The highest BCUT2D eigenvalue weighted by Crippen LogP contribution is 2.13. The van der Waals surface area contributed by atoms with Crippen LogP contribution in [0.1, 0.15) is 31.4 Å². The van der Waals surface area contributed by atoms with E-state index in [2.05, 4.69) is 4.72 Å². The Morgan fingerprint density at radius 1 is 1.11 bits per heavy atom. The molecule has 104 valence electrons. The van der Waals surface area contributed by atoms with Gasteiger partial charge < -0.3 is 14.6 Å². The van der Waals surface area contributed by atoms with Crippen molar-refractivity contribution in [1.82, 2.24) is 4.72 Å². The molecule has 6 nitrogen and oxygen atoms in total. The summed E-state index contributed by atoms with van der Waals surface area (Å²) in [5, 5.41) is 17.2. The van der Waals surface area contributed by atoms with Crippen molar-refractivity contribution in [3.8, 4) is 0 Å². The average Bonchev–Trinajstić information content (AvgIpc) is 2.83. The first kappa shape index (κ1) is 15.2. The normalized spacial score (nSPS) is 11.9. The van der Waals surface area contributed by atoms with Crippen LogP contribution in [0, 0.1) is 0 Å². The molecule has 0 bridgehead atoms. The van der Waals surface area contributed by atoms with Gasteiger partial charge in [0.25, 0.3) is 10.0 Å². The lowest BCUT2D eigenvalue weighted by atomic mass is 10.2. The number of rotatable bonds is 9. The third kappa shape index (κ3) is 4.77. The molecular formula is C11H19NO5S. The Labute approximate surface area is 107 Å². The summed E-state index contributed by atoms with van der Waals surface area (Å²) >= 11 is 0. The van der Waals surface area contributed by atoms with E-state index in [4.69, 9.17) is 14.6 Å². The van der Waals surface area contributed by atoms with Crippen LogP contribution in [0.25, 0.3) is 0 Å². The highest BCUT2D eigenvalue weighted by molar-refractivity contribution is 7.89. The van der Waals surface area contributed by atoms with Crippen molar-refractivity contribution < 1.29 is 23.0 Å². The molecule has 0 aliphatic heterocycles. The lowest BCUT2D eigenvalue weighted by Gasteiger charge is -2.03. The third-order valence-electron chi connectivity index (χ3n) is 2.43. The van der Waals surface area contributed by atoms with Crippen molar-refractivity contribution >= 4 is 10.0 Å². The first-order chi connectivity index (χ1) is 8.60. The van der Waals surface area contributed by atoms with E-state index >= 15 is 0 Å². The van der Waals surface area contributed by atoms with Crippen LogP contribution in [-0.4, -0.2) is 31.8 Å². The van der Waals surface area contributed by atoms with Crippen LogP contribution in [-0.2, 0) is 16.6 Å². The molecule has 0 aliphatic carbocycles. The highest BCUT2D eigenvalue weighted by Gasteiger charge is 2.17. The molecular weight excluding hydrogens is 258 g/mol. The van der Waals surface area contributed by atoms with E-state index in [1.807, 2.05) is 0 Å². The van der Waals surface area contributed by atoms with E-state index in [0.29, 0.717) is 13.0 Å². The molecule has 0 fully saturated rings. The van der Waals surface area contributed by atoms with E-state index in [1.165, 1.54) is 12.1 Å². The molecule has 18 heavy (non-hydrogen) atoms. The number of unbranched alkanes of at least 4 members (excludes halogenated alkanes) is 3. The lowest BCUT2D eigenvalue weighted by molar-refractivity contribution is 0.236. The number of hydrogen-bond acceptors (Lipinski definition) is 5. The topological polar surface area (TPSA) is 99.8 Å². The lowest BCUT2D eigenvalue weighted by Crippen LogP contribution is -2.24. The van der Waals surface area contributed by atoms with Crippen molar-refractivity contribution in [2.45, 2.75) is 37.4 Å². The van der Waals surface area contributed by atoms with Gasteiger partial charge in [0.2, 0.25) is 5.09 Å². The monoisotopic (exact) mass is 277 g/mol. The molecule has 3 N–H and O–H groups in total. The molecule has 7 heteroatoms. The van der Waals surface area contributed by atoms with E-state index in [1.54, 1.807) is 0 Å². The maximum atomic E-state index is 11.7. The summed E-state index contributed by atoms with van der Waals surface area (Å²) in [6, 6.07) is 2.75. The maximum absolute atomic E-state index is 11.7. The Morgan fingerprint density at radius 3 is 2.44 bits per heavy atom. The van der Waals surface area contributed by atoms with Gasteiger partial charge in [-0.1, -0.05) is 12.8 Å². The number of furan rings is 1. The molecule has 0 unspecified atom stereocenters. The number of nitrogens with one attached hydrogen (secondary N) is 1. The van der Waals surface area contributed by atoms with E-state index in [0.717, 1.165) is 19.3 Å². The van der Waals surface area contributed by atoms with Gasteiger partial charge in [-0.15, -0.1) is 0 Å². The van der Waals surface area contributed by atoms with E-state index in [-0.39, 0.29) is 24.1 Å². The van der Waals surface area contributed by atoms with Crippen LogP contribution >= 0.6 is 0 Å². The second kappa shape index (κ2) is 7.52. The first-order valence-corrected chi connectivity index (χ1v) is 7.38. The van der Waals surface area contributed by atoms with Gasteiger partial charge >= 0.3 is 0 Å². The molecule has 1 aromatic heterocycles. The van der Waals surface area contributed by atoms with Crippen LogP contribution in [0.5, 0.6) is 0 Å². The Hall–Kier alpha value is -0.890. The largest absolute Gasteiger partial charge is 0.446 e. The van der Waals surface area contributed by atoms with Gasteiger partial charge in [-0.2, -0.15) is 0 Å². The summed E-state index contributed by atoms with van der Waals surface area (Å²) in [6.07, 6.45) is 3.20. The number of aliphatic hydroxyl groups excluding tert-OH is 2. The van der Waals surface area contributed by atoms with Crippen LogP contribution in [0.15, 0.2) is 21.6 Å². The number of sulfonamides is 1. The summed E-state index contributed by atoms with van der Waals surface area (Å²) in [7, 11) is -3.62. The Balaban J connectivity index is 2.36. The zero-order valence-corrected chi connectivity index (χ0v) is 10.9. The van der Waals surface area contributed by atoms with E-state index < -0.39 is 10.0 Å². The summed E-state index contributed by atoms with van der Waals surface area (Å²) in [6.45, 7) is 0.182. The summed E-state index contributed by atoms with van der Waals surface area (Å²) in [5.74, 6) is 0.221. The Morgan fingerprint density at radius 2 is 1.83 bits per heavy atom. The van der Waals surface area contributed by atoms with Crippen LogP contribution < -0.4 is 4.72 Å². The van der Waals surface area contributed by atoms with Crippen LogP contribution in [0.4, 0.5) is 0 Å². The molecule has 0 amide bonds. The average molecular weight is 277 g/mol. The quantitative estimate of drug-likeness (QED) is 0.574. The fourth-order valence-electron chi connectivity index (χ4n) is 1.46. The molecule has 0 atom stereocenters. The summed E-state index contributed by atoms with van der Waals surface area (Å²) in [4.78, 5) is 0. The maximum Gasteiger partial charge on any atom is 0.273 e. The van der Waals surface area contributed by atoms with Gasteiger partial charge in [-0.05, 0) is 25.0 Å². The van der Waals surface area contributed by atoms with Gasteiger partial charge in [0.1, 0.15) is 12.4 Å². The Kier molecular flexibility index (Phi) is 6.34. The molecule has 1 heterocycles. The molecule has 0 saturated heterocycles. The minimum Gasteiger partial charge on any atom is -0.446 e. The highest BCUT2D eigenvalue weighted by atomic mass is 32.2. The molecule has 1 rings (SSSR count). The minimum absolute atomic E-state index is 0.169. The number of aliphatic hydroxyl groups is 2. The second-order valence-electron chi connectivity index (χ2n) is 3.91. The van der Waals surface area contributed by atoms with Gasteiger partial charge in [0, 0.05) is 13.2 Å². The predicted molar refractivity (Wildman–Crippen MR) is 65.4 cm³/mol. The fourth-order valence-corrected chi connectivity index (χ4v) is 2.47. The third-order valence-corrected chi connectivity index (χ3v) is 3.77. The van der Waals surface area contributed by atoms with E-state index in [9.17, 15) is 8.42 Å². The smallest absolute Gasteiger partial charge is 0.273 e. The van der Waals surface area contributed by atoms with Gasteiger partial charge in [0.05, 0.1) is 0 Å².